The molecule has 0 unspecified atom stereocenters. The Morgan fingerprint density at radius 3 is 2.59 bits per heavy atom. The Labute approximate surface area is 165 Å². The number of esters is 1. The van der Waals surface area contributed by atoms with Crippen LogP contribution in [-0.4, -0.2) is 32.5 Å². The van der Waals surface area contributed by atoms with E-state index in [1.54, 1.807) is 56.3 Å². The highest BCUT2D eigenvalue weighted by atomic mass is 19.1. The molecule has 2 heterocycles. The number of halogens is 1. The average Bonchev–Trinajstić information content (AvgIpc) is 3.35. The minimum Gasteiger partial charge on any atom is -0.462 e. The first-order chi connectivity index (χ1) is 14.1. The fraction of sp³-hybridized carbons (Fsp3) is 0.143. The molecule has 0 aliphatic rings. The molecule has 0 amide bonds. The van der Waals surface area contributed by atoms with E-state index in [9.17, 15) is 9.18 Å². The number of rotatable bonds is 5. The van der Waals surface area contributed by atoms with Gasteiger partial charge in [0.2, 0.25) is 11.7 Å². The van der Waals surface area contributed by atoms with E-state index in [2.05, 4.69) is 15.2 Å². The number of nitrogens with zero attached hydrogens (tertiary/aromatic N) is 4. The maximum absolute atomic E-state index is 14.5. The molecule has 146 valence electrons. The largest absolute Gasteiger partial charge is 0.462 e. The Hall–Kier alpha value is -3.81. The second-order valence-electron chi connectivity index (χ2n) is 6.20. The Balaban J connectivity index is 1.81. The second-order valence-corrected chi connectivity index (χ2v) is 6.20. The number of benzene rings is 2. The highest BCUT2D eigenvalue weighted by Crippen LogP contribution is 2.30. The molecule has 0 atom stereocenters. The zero-order valence-electron chi connectivity index (χ0n) is 15.8. The molecule has 2 aromatic heterocycles. The van der Waals surface area contributed by atoms with E-state index in [1.165, 1.54) is 16.9 Å². The van der Waals surface area contributed by atoms with Crippen molar-refractivity contribution in [3.05, 3.63) is 72.0 Å². The van der Waals surface area contributed by atoms with Crippen molar-refractivity contribution in [2.45, 2.75) is 13.8 Å². The van der Waals surface area contributed by atoms with E-state index in [-0.39, 0.29) is 17.7 Å². The van der Waals surface area contributed by atoms with Crippen LogP contribution >= 0.6 is 0 Å². The predicted molar refractivity (Wildman–Crippen MR) is 103 cm³/mol. The van der Waals surface area contributed by atoms with Crippen molar-refractivity contribution in [2.24, 2.45) is 0 Å². The van der Waals surface area contributed by atoms with Gasteiger partial charge >= 0.3 is 5.97 Å². The molecule has 4 rings (SSSR count). The molecule has 0 aliphatic carbocycles. The summed E-state index contributed by atoms with van der Waals surface area (Å²) >= 11 is 0. The summed E-state index contributed by atoms with van der Waals surface area (Å²) in [5.41, 5.74) is 2.17. The first-order valence-electron chi connectivity index (χ1n) is 8.99. The van der Waals surface area contributed by atoms with Gasteiger partial charge in [-0.05, 0) is 43.3 Å². The summed E-state index contributed by atoms with van der Waals surface area (Å²) in [4.78, 5) is 16.6. The van der Waals surface area contributed by atoms with E-state index in [0.717, 1.165) is 5.56 Å². The Morgan fingerprint density at radius 2 is 1.93 bits per heavy atom. The van der Waals surface area contributed by atoms with Crippen LogP contribution in [0.1, 0.15) is 23.2 Å². The molecule has 2 aromatic carbocycles. The van der Waals surface area contributed by atoms with Crippen LogP contribution in [0.15, 0.2) is 59.3 Å². The maximum atomic E-state index is 14.5. The van der Waals surface area contributed by atoms with E-state index in [4.69, 9.17) is 9.26 Å². The first-order valence-corrected chi connectivity index (χ1v) is 8.99. The molecular weight excluding hydrogens is 375 g/mol. The molecule has 8 heteroatoms. The summed E-state index contributed by atoms with van der Waals surface area (Å²) < 4.78 is 26.2. The summed E-state index contributed by atoms with van der Waals surface area (Å²) in [7, 11) is 0. The van der Waals surface area contributed by atoms with Crippen LogP contribution in [-0.2, 0) is 4.74 Å². The quantitative estimate of drug-likeness (QED) is 0.473. The van der Waals surface area contributed by atoms with Crippen molar-refractivity contribution in [3.8, 4) is 28.3 Å². The summed E-state index contributed by atoms with van der Waals surface area (Å²) in [5.74, 6) is -0.0808. The van der Waals surface area contributed by atoms with Crippen LogP contribution in [0.5, 0.6) is 0 Å². The zero-order chi connectivity index (χ0) is 20.4. The molecular formula is C21H17FN4O3. The van der Waals surface area contributed by atoms with Gasteiger partial charge in [-0.3, -0.25) is 0 Å². The van der Waals surface area contributed by atoms with Gasteiger partial charge in [0.15, 0.2) is 0 Å². The molecule has 0 radical (unpaired) electrons. The lowest BCUT2D eigenvalue weighted by molar-refractivity contribution is 0.0527. The monoisotopic (exact) mass is 392 g/mol. The van der Waals surface area contributed by atoms with Crippen LogP contribution in [0, 0.1) is 12.7 Å². The molecule has 0 saturated carbocycles. The molecule has 0 aliphatic heterocycles. The predicted octanol–water partition coefficient (Wildman–Crippen LogP) is 4.21. The molecule has 7 nitrogen and oxygen atoms in total. The van der Waals surface area contributed by atoms with Gasteiger partial charge in [0.1, 0.15) is 11.4 Å². The van der Waals surface area contributed by atoms with Gasteiger partial charge in [-0.15, -0.1) is 0 Å². The number of hydrogen-bond acceptors (Lipinski definition) is 6. The lowest BCUT2D eigenvalue weighted by Gasteiger charge is -2.11. The normalized spacial score (nSPS) is 10.9. The zero-order valence-corrected chi connectivity index (χ0v) is 15.8. The molecule has 0 N–H and O–H groups in total. The fourth-order valence-corrected chi connectivity index (χ4v) is 2.98. The van der Waals surface area contributed by atoms with Gasteiger partial charge in [0.25, 0.3) is 0 Å². The third-order valence-electron chi connectivity index (χ3n) is 4.29. The number of carbonyl (C=O) groups is 1. The van der Waals surface area contributed by atoms with Gasteiger partial charge in [-0.1, -0.05) is 17.3 Å². The van der Waals surface area contributed by atoms with Gasteiger partial charge in [0.05, 0.1) is 24.2 Å². The van der Waals surface area contributed by atoms with E-state index in [1.807, 2.05) is 0 Å². The minimum absolute atomic E-state index is 0.190. The number of carbonyl (C=O) groups excluding carboxylic acids is 1. The van der Waals surface area contributed by atoms with Crippen LogP contribution in [0.4, 0.5) is 4.39 Å². The van der Waals surface area contributed by atoms with Crippen molar-refractivity contribution < 1.29 is 18.4 Å². The van der Waals surface area contributed by atoms with Gasteiger partial charge in [0, 0.05) is 18.1 Å². The third kappa shape index (κ3) is 3.52. The molecule has 0 bridgehead atoms. The van der Waals surface area contributed by atoms with Crippen molar-refractivity contribution in [2.75, 3.05) is 6.61 Å². The number of ether oxygens (including phenoxy) is 1. The maximum Gasteiger partial charge on any atom is 0.342 e. The first kappa shape index (κ1) is 18.5. The number of aromatic nitrogens is 4. The molecule has 4 aromatic rings. The summed E-state index contributed by atoms with van der Waals surface area (Å²) in [6.07, 6.45) is 1.39. The van der Waals surface area contributed by atoms with Crippen molar-refractivity contribution in [1.82, 2.24) is 19.9 Å². The van der Waals surface area contributed by atoms with E-state index in [0.29, 0.717) is 23.1 Å². The lowest BCUT2D eigenvalue weighted by atomic mass is 10.1. The van der Waals surface area contributed by atoms with Gasteiger partial charge in [-0.2, -0.15) is 10.1 Å². The number of aryl methyl sites for hydroxylation is 1. The van der Waals surface area contributed by atoms with E-state index < -0.39 is 11.8 Å². The van der Waals surface area contributed by atoms with Crippen molar-refractivity contribution in [3.63, 3.8) is 0 Å². The minimum atomic E-state index is -0.559. The topological polar surface area (TPSA) is 83.0 Å². The fourth-order valence-electron chi connectivity index (χ4n) is 2.98. The number of hydrogen-bond donors (Lipinski definition) is 0. The van der Waals surface area contributed by atoms with Crippen molar-refractivity contribution >= 4 is 5.97 Å². The SMILES string of the molecule is CCOC(=O)c1cnn(-c2ccc(-c3noc(C)n3)cc2)c1-c1ccccc1F. The molecule has 0 spiro atoms. The molecule has 0 saturated heterocycles. The van der Waals surface area contributed by atoms with Gasteiger partial charge in [-0.25, -0.2) is 13.9 Å². The Bertz CT molecular complexity index is 1160. The highest BCUT2D eigenvalue weighted by Gasteiger charge is 2.23. The van der Waals surface area contributed by atoms with Crippen LogP contribution in [0.2, 0.25) is 0 Å². The Morgan fingerprint density at radius 1 is 1.17 bits per heavy atom. The molecule has 29 heavy (non-hydrogen) atoms. The summed E-state index contributed by atoms with van der Waals surface area (Å²) in [5, 5.41) is 8.21. The average molecular weight is 392 g/mol. The summed E-state index contributed by atoms with van der Waals surface area (Å²) in [6, 6.07) is 13.4. The van der Waals surface area contributed by atoms with Gasteiger partial charge < -0.3 is 9.26 Å². The van der Waals surface area contributed by atoms with Crippen molar-refractivity contribution in [1.29, 1.82) is 0 Å². The third-order valence-corrected chi connectivity index (χ3v) is 4.29. The second kappa shape index (κ2) is 7.67. The van der Waals surface area contributed by atoms with Crippen LogP contribution < -0.4 is 0 Å². The van der Waals surface area contributed by atoms with Crippen LogP contribution in [0.25, 0.3) is 28.3 Å². The smallest absolute Gasteiger partial charge is 0.342 e. The standard InChI is InChI=1S/C21H17FN4O3/c1-3-28-21(27)17-12-23-26(19(17)16-6-4-5-7-18(16)22)15-10-8-14(9-11-15)20-24-13(2)29-25-20/h4-12H,3H2,1-2H3. The molecule has 0 fully saturated rings. The Kier molecular flexibility index (Phi) is 4.90. The summed E-state index contributed by atoms with van der Waals surface area (Å²) in [6.45, 7) is 3.63. The van der Waals surface area contributed by atoms with E-state index >= 15 is 0 Å². The van der Waals surface area contributed by atoms with Crippen LogP contribution in [0.3, 0.4) is 0 Å². The highest BCUT2D eigenvalue weighted by molar-refractivity contribution is 5.96. The lowest BCUT2D eigenvalue weighted by Crippen LogP contribution is -2.07.